The maximum Gasteiger partial charge on any atom is 0.229 e. The first kappa shape index (κ1) is 12.9. The van der Waals surface area contributed by atoms with E-state index in [1.165, 1.54) is 0 Å². The lowest BCUT2D eigenvalue weighted by atomic mass is 9.98. The predicted octanol–water partition coefficient (Wildman–Crippen LogP) is 0.248. The van der Waals surface area contributed by atoms with Gasteiger partial charge < -0.3 is 14.5 Å². The van der Waals surface area contributed by atoms with Crippen LogP contribution in [0, 0.1) is 17.2 Å². The van der Waals surface area contributed by atoms with Crippen LogP contribution in [0.5, 0.6) is 0 Å². The number of aromatic nitrogens is 1. The Bertz CT molecular complexity index is 542. The summed E-state index contributed by atoms with van der Waals surface area (Å²) >= 11 is 0. The SMILES string of the molecule is N#Cc1ccnc(N2CC(C(=O)N3CCOCC3)C2)c1. The van der Waals surface area contributed by atoms with Crippen molar-refractivity contribution < 1.29 is 9.53 Å². The van der Waals surface area contributed by atoms with E-state index in [1.807, 2.05) is 9.80 Å². The molecule has 6 nitrogen and oxygen atoms in total. The van der Waals surface area contributed by atoms with E-state index < -0.39 is 0 Å². The molecular formula is C14H16N4O2. The Morgan fingerprint density at radius 3 is 2.85 bits per heavy atom. The van der Waals surface area contributed by atoms with Crippen molar-refractivity contribution in [3.63, 3.8) is 0 Å². The Balaban J connectivity index is 1.58. The maximum atomic E-state index is 12.3. The van der Waals surface area contributed by atoms with Gasteiger partial charge in [-0.2, -0.15) is 5.26 Å². The summed E-state index contributed by atoms with van der Waals surface area (Å²) in [6, 6.07) is 5.54. The van der Waals surface area contributed by atoms with Crippen molar-refractivity contribution in [2.45, 2.75) is 0 Å². The number of hydrogen-bond donors (Lipinski definition) is 0. The highest BCUT2D eigenvalue weighted by atomic mass is 16.5. The highest BCUT2D eigenvalue weighted by molar-refractivity contribution is 5.82. The van der Waals surface area contributed by atoms with Crippen molar-refractivity contribution in [2.75, 3.05) is 44.3 Å². The predicted molar refractivity (Wildman–Crippen MR) is 72.1 cm³/mol. The Kier molecular flexibility index (Phi) is 3.52. The van der Waals surface area contributed by atoms with Crippen LogP contribution >= 0.6 is 0 Å². The van der Waals surface area contributed by atoms with E-state index in [1.54, 1.807) is 18.3 Å². The standard InChI is InChI=1S/C14H16N4O2/c15-8-11-1-2-16-13(7-11)18-9-12(10-18)14(19)17-3-5-20-6-4-17/h1-2,7,12H,3-6,9-10H2. The Hall–Kier alpha value is -2.13. The van der Waals surface area contributed by atoms with Gasteiger partial charge in [0.05, 0.1) is 30.8 Å². The molecule has 0 bridgehead atoms. The van der Waals surface area contributed by atoms with Crippen molar-refractivity contribution in [3.8, 4) is 6.07 Å². The van der Waals surface area contributed by atoms with E-state index in [0.29, 0.717) is 45.0 Å². The van der Waals surface area contributed by atoms with Gasteiger partial charge in [-0.3, -0.25) is 4.79 Å². The van der Waals surface area contributed by atoms with Crippen LogP contribution in [-0.4, -0.2) is 55.2 Å². The van der Waals surface area contributed by atoms with Crippen LogP contribution in [0.1, 0.15) is 5.56 Å². The van der Waals surface area contributed by atoms with Gasteiger partial charge in [0.2, 0.25) is 5.91 Å². The number of nitrogens with zero attached hydrogens (tertiary/aromatic N) is 4. The second-order valence-corrected chi connectivity index (χ2v) is 5.05. The molecule has 0 spiro atoms. The molecule has 0 saturated carbocycles. The van der Waals surface area contributed by atoms with E-state index in [9.17, 15) is 4.79 Å². The van der Waals surface area contributed by atoms with Gasteiger partial charge in [0.15, 0.2) is 0 Å². The number of anilines is 1. The summed E-state index contributed by atoms with van der Waals surface area (Å²) in [6.45, 7) is 4.01. The van der Waals surface area contributed by atoms with E-state index in [4.69, 9.17) is 10.00 Å². The number of rotatable bonds is 2. The number of hydrogen-bond acceptors (Lipinski definition) is 5. The molecule has 1 amide bonds. The highest BCUT2D eigenvalue weighted by Crippen LogP contribution is 2.24. The van der Waals surface area contributed by atoms with Crippen LogP contribution in [0.4, 0.5) is 5.82 Å². The first-order valence-electron chi connectivity index (χ1n) is 6.75. The lowest BCUT2D eigenvalue weighted by Gasteiger charge is -2.42. The third-order valence-corrected chi connectivity index (χ3v) is 3.75. The van der Waals surface area contributed by atoms with Crippen LogP contribution in [0.2, 0.25) is 0 Å². The number of carbonyl (C=O) groups is 1. The summed E-state index contributed by atoms with van der Waals surface area (Å²) in [5, 5.41) is 8.88. The van der Waals surface area contributed by atoms with E-state index in [2.05, 4.69) is 11.1 Å². The fourth-order valence-corrected chi connectivity index (χ4v) is 2.52. The number of ether oxygens (including phenoxy) is 1. The van der Waals surface area contributed by atoms with E-state index in [-0.39, 0.29) is 11.8 Å². The number of carbonyl (C=O) groups excluding carboxylic acids is 1. The summed E-state index contributed by atoms with van der Waals surface area (Å²) in [6.07, 6.45) is 1.63. The molecule has 0 aliphatic carbocycles. The topological polar surface area (TPSA) is 69.5 Å². The van der Waals surface area contributed by atoms with Gasteiger partial charge in [-0.05, 0) is 12.1 Å². The third kappa shape index (κ3) is 2.45. The zero-order valence-corrected chi connectivity index (χ0v) is 11.2. The number of pyridine rings is 1. The van der Waals surface area contributed by atoms with Crippen LogP contribution in [-0.2, 0) is 9.53 Å². The Morgan fingerprint density at radius 2 is 2.15 bits per heavy atom. The molecule has 1 aromatic heterocycles. The van der Waals surface area contributed by atoms with Gasteiger partial charge >= 0.3 is 0 Å². The molecule has 104 valence electrons. The molecule has 0 unspecified atom stereocenters. The summed E-state index contributed by atoms with van der Waals surface area (Å²) in [7, 11) is 0. The molecular weight excluding hydrogens is 256 g/mol. The molecule has 2 saturated heterocycles. The average Bonchev–Trinajstić information content (AvgIpc) is 2.47. The van der Waals surface area contributed by atoms with Crippen LogP contribution in [0.25, 0.3) is 0 Å². The summed E-state index contributed by atoms with van der Waals surface area (Å²) in [5.74, 6) is 1.02. The fraction of sp³-hybridized carbons (Fsp3) is 0.500. The fourth-order valence-electron chi connectivity index (χ4n) is 2.52. The molecule has 1 aromatic rings. The quantitative estimate of drug-likeness (QED) is 0.772. The summed E-state index contributed by atoms with van der Waals surface area (Å²) < 4.78 is 5.25. The second kappa shape index (κ2) is 5.47. The van der Waals surface area contributed by atoms with Gasteiger partial charge in [-0.1, -0.05) is 0 Å². The zero-order valence-electron chi connectivity index (χ0n) is 11.2. The van der Waals surface area contributed by atoms with Gasteiger partial charge in [-0.25, -0.2) is 4.98 Å². The van der Waals surface area contributed by atoms with Crippen LogP contribution in [0.3, 0.4) is 0 Å². The Morgan fingerprint density at radius 1 is 1.40 bits per heavy atom. The Labute approximate surface area is 117 Å². The lowest BCUT2D eigenvalue weighted by molar-refractivity contribution is -0.140. The molecule has 0 atom stereocenters. The molecule has 0 radical (unpaired) electrons. The van der Waals surface area contributed by atoms with E-state index in [0.717, 1.165) is 5.82 Å². The number of amides is 1. The van der Waals surface area contributed by atoms with Gasteiger partial charge in [0, 0.05) is 32.4 Å². The number of morpholine rings is 1. The average molecular weight is 272 g/mol. The first-order chi connectivity index (χ1) is 9.78. The van der Waals surface area contributed by atoms with Crippen LogP contribution < -0.4 is 4.90 Å². The molecule has 6 heteroatoms. The zero-order chi connectivity index (χ0) is 13.9. The summed E-state index contributed by atoms with van der Waals surface area (Å²) in [5.41, 5.74) is 0.595. The molecule has 2 aliphatic heterocycles. The van der Waals surface area contributed by atoms with Crippen LogP contribution in [0.15, 0.2) is 18.3 Å². The third-order valence-electron chi connectivity index (χ3n) is 3.75. The van der Waals surface area contributed by atoms with Crippen molar-refractivity contribution in [1.29, 1.82) is 5.26 Å². The van der Waals surface area contributed by atoms with Gasteiger partial charge in [-0.15, -0.1) is 0 Å². The minimum atomic E-state index is 0.0423. The minimum absolute atomic E-state index is 0.0423. The molecule has 0 N–H and O–H groups in total. The molecule has 2 fully saturated rings. The normalized spacial score (nSPS) is 19.4. The molecule has 3 heterocycles. The monoisotopic (exact) mass is 272 g/mol. The molecule has 3 rings (SSSR count). The minimum Gasteiger partial charge on any atom is -0.378 e. The molecule has 0 aromatic carbocycles. The number of nitriles is 1. The highest BCUT2D eigenvalue weighted by Gasteiger charge is 2.36. The van der Waals surface area contributed by atoms with Gasteiger partial charge in [0.1, 0.15) is 5.82 Å². The maximum absolute atomic E-state index is 12.3. The van der Waals surface area contributed by atoms with Crippen molar-refractivity contribution in [3.05, 3.63) is 23.9 Å². The molecule has 2 aliphatic rings. The second-order valence-electron chi connectivity index (χ2n) is 5.05. The van der Waals surface area contributed by atoms with Crippen molar-refractivity contribution in [1.82, 2.24) is 9.88 Å². The lowest BCUT2D eigenvalue weighted by Crippen LogP contribution is -2.56. The van der Waals surface area contributed by atoms with Crippen molar-refractivity contribution >= 4 is 11.7 Å². The van der Waals surface area contributed by atoms with Crippen molar-refractivity contribution in [2.24, 2.45) is 5.92 Å². The first-order valence-corrected chi connectivity index (χ1v) is 6.75. The molecule has 20 heavy (non-hydrogen) atoms. The largest absolute Gasteiger partial charge is 0.378 e. The summed E-state index contributed by atoms with van der Waals surface area (Å²) in [4.78, 5) is 20.4. The van der Waals surface area contributed by atoms with Gasteiger partial charge in [0.25, 0.3) is 0 Å². The smallest absolute Gasteiger partial charge is 0.229 e. The van der Waals surface area contributed by atoms with E-state index >= 15 is 0 Å².